The van der Waals surface area contributed by atoms with Crippen molar-refractivity contribution in [3.63, 3.8) is 0 Å². The van der Waals surface area contributed by atoms with Crippen LogP contribution in [0.4, 0.5) is 0 Å². The second-order valence-electron chi connectivity index (χ2n) is 4.52. The lowest BCUT2D eigenvalue weighted by atomic mass is 10.0. The van der Waals surface area contributed by atoms with Crippen molar-refractivity contribution in [2.45, 2.75) is 26.7 Å². The molecule has 0 saturated carbocycles. The van der Waals surface area contributed by atoms with Gasteiger partial charge in [-0.1, -0.05) is 64.1 Å². The Bertz CT molecular complexity index is 478. The van der Waals surface area contributed by atoms with Crippen LogP contribution in [0.5, 0.6) is 0 Å². The van der Waals surface area contributed by atoms with E-state index in [1.165, 1.54) is 27.1 Å². The van der Waals surface area contributed by atoms with E-state index in [0.29, 0.717) is 11.1 Å². The molecule has 0 radical (unpaired) electrons. The van der Waals surface area contributed by atoms with Gasteiger partial charge in [0.2, 0.25) is 0 Å². The highest BCUT2D eigenvalue weighted by atomic mass is 16.5. The van der Waals surface area contributed by atoms with Crippen LogP contribution in [0.3, 0.4) is 0 Å². The predicted molar refractivity (Wildman–Crippen MR) is 89.1 cm³/mol. The van der Waals surface area contributed by atoms with Crippen molar-refractivity contribution in [3.8, 4) is 0 Å². The minimum atomic E-state index is -0.491. The van der Waals surface area contributed by atoms with Gasteiger partial charge in [0.25, 0.3) is 0 Å². The molecule has 0 fully saturated rings. The lowest BCUT2D eigenvalue weighted by Gasteiger charge is -2.06. The van der Waals surface area contributed by atoms with Crippen LogP contribution in [0.2, 0.25) is 0 Å². The molecule has 0 amide bonds. The Morgan fingerprint density at radius 1 is 0.818 bits per heavy atom. The fraction of sp³-hybridized carbons (Fsp3) is 0.333. The van der Waals surface area contributed by atoms with E-state index in [2.05, 4.69) is 36.5 Å². The SMILES string of the molecule is C=C(C(=O)OC)c1ccc(C(=C)C(=O)OC)cc1.CCCC. The van der Waals surface area contributed by atoms with Gasteiger partial charge in [-0.3, -0.25) is 0 Å². The maximum absolute atomic E-state index is 11.3. The molecule has 1 rings (SSSR count). The van der Waals surface area contributed by atoms with Crippen LogP contribution in [0.1, 0.15) is 37.8 Å². The van der Waals surface area contributed by atoms with Crippen molar-refractivity contribution in [2.75, 3.05) is 14.2 Å². The lowest BCUT2D eigenvalue weighted by Crippen LogP contribution is -2.04. The maximum atomic E-state index is 11.3. The van der Waals surface area contributed by atoms with E-state index >= 15 is 0 Å². The van der Waals surface area contributed by atoms with Gasteiger partial charge in [-0.2, -0.15) is 0 Å². The van der Waals surface area contributed by atoms with E-state index in [1.807, 2.05) is 0 Å². The third-order valence-corrected chi connectivity index (χ3v) is 2.95. The Morgan fingerprint density at radius 2 is 1.09 bits per heavy atom. The molecule has 1 aromatic rings. The highest BCUT2D eigenvalue weighted by Gasteiger charge is 2.12. The molecule has 22 heavy (non-hydrogen) atoms. The van der Waals surface area contributed by atoms with Crippen molar-refractivity contribution in [3.05, 3.63) is 48.6 Å². The number of carbonyl (C=O) groups is 2. The van der Waals surface area contributed by atoms with Crippen LogP contribution < -0.4 is 0 Å². The third kappa shape index (κ3) is 5.95. The van der Waals surface area contributed by atoms with E-state index in [0.717, 1.165) is 0 Å². The minimum absolute atomic E-state index is 0.257. The van der Waals surface area contributed by atoms with Crippen molar-refractivity contribution < 1.29 is 19.1 Å². The average molecular weight is 304 g/mol. The van der Waals surface area contributed by atoms with Crippen molar-refractivity contribution in [1.29, 1.82) is 0 Å². The molecule has 0 aliphatic carbocycles. The van der Waals surface area contributed by atoms with Gasteiger partial charge in [-0.15, -0.1) is 0 Å². The number of benzene rings is 1. The number of hydrogen-bond donors (Lipinski definition) is 0. The number of methoxy groups -OCH3 is 2. The zero-order valence-electron chi connectivity index (χ0n) is 13.8. The summed E-state index contributed by atoms with van der Waals surface area (Å²) in [6.07, 6.45) is 2.64. The summed E-state index contributed by atoms with van der Waals surface area (Å²) in [6.45, 7) is 11.6. The summed E-state index contributed by atoms with van der Waals surface area (Å²) in [4.78, 5) is 22.5. The van der Waals surface area contributed by atoms with E-state index in [4.69, 9.17) is 0 Å². The van der Waals surface area contributed by atoms with Crippen molar-refractivity contribution in [1.82, 2.24) is 0 Å². The zero-order chi connectivity index (χ0) is 17.1. The van der Waals surface area contributed by atoms with Crippen LogP contribution in [-0.2, 0) is 19.1 Å². The molecule has 0 saturated heterocycles. The summed E-state index contributed by atoms with van der Waals surface area (Å²) in [7, 11) is 2.59. The van der Waals surface area contributed by atoms with Gasteiger partial charge in [0, 0.05) is 0 Å². The first-order valence-electron chi connectivity index (χ1n) is 7.08. The molecule has 0 bridgehead atoms. The third-order valence-electron chi connectivity index (χ3n) is 2.95. The lowest BCUT2D eigenvalue weighted by molar-refractivity contribution is -0.134. The minimum Gasteiger partial charge on any atom is -0.465 e. The average Bonchev–Trinajstić information content (AvgIpc) is 2.59. The molecule has 0 spiro atoms. The molecular formula is C18H24O4. The molecule has 0 aliphatic heterocycles. The summed E-state index contributed by atoms with van der Waals surface area (Å²) in [5.74, 6) is -0.982. The van der Waals surface area contributed by atoms with E-state index in [1.54, 1.807) is 24.3 Å². The fourth-order valence-electron chi connectivity index (χ4n) is 1.35. The molecule has 0 aromatic heterocycles. The van der Waals surface area contributed by atoms with E-state index < -0.39 is 11.9 Å². The number of hydrogen-bond acceptors (Lipinski definition) is 4. The van der Waals surface area contributed by atoms with Gasteiger partial charge in [0.1, 0.15) is 0 Å². The number of esters is 2. The predicted octanol–water partition coefficient (Wildman–Crippen LogP) is 3.87. The van der Waals surface area contributed by atoms with Crippen LogP contribution in [-0.4, -0.2) is 26.2 Å². The Balaban J connectivity index is 0.000000980. The van der Waals surface area contributed by atoms with Crippen LogP contribution in [0, 0.1) is 0 Å². The first kappa shape index (κ1) is 19.6. The number of ether oxygens (including phenoxy) is 2. The Kier molecular flexibility index (Phi) is 9.27. The second kappa shape index (κ2) is 10.4. The second-order valence-corrected chi connectivity index (χ2v) is 4.52. The standard InChI is InChI=1S/C14H14O4.C4H10/c1-9(13(15)17-3)11-5-7-12(8-6-11)10(2)14(16)18-4;1-3-4-2/h5-8H,1-2H2,3-4H3;3-4H2,1-2H3. The molecule has 0 N–H and O–H groups in total. The van der Waals surface area contributed by atoms with Gasteiger partial charge < -0.3 is 9.47 Å². The summed E-state index contributed by atoms with van der Waals surface area (Å²) in [5.41, 5.74) is 1.77. The molecule has 0 unspecified atom stereocenters. The number of carbonyl (C=O) groups excluding carboxylic acids is 2. The first-order valence-corrected chi connectivity index (χ1v) is 7.08. The Labute approximate surface area is 132 Å². The van der Waals surface area contributed by atoms with Crippen molar-refractivity contribution in [2.24, 2.45) is 0 Å². The van der Waals surface area contributed by atoms with Gasteiger partial charge in [0.15, 0.2) is 0 Å². The summed E-state index contributed by atoms with van der Waals surface area (Å²) >= 11 is 0. The molecule has 1 aromatic carbocycles. The van der Waals surface area contributed by atoms with Crippen LogP contribution in [0.15, 0.2) is 37.4 Å². The highest BCUT2D eigenvalue weighted by Crippen LogP contribution is 2.19. The van der Waals surface area contributed by atoms with Crippen LogP contribution in [0.25, 0.3) is 11.1 Å². The molecule has 0 heterocycles. The monoisotopic (exact) mass is 304 g/mol. The van der Waals surface area contributed by atoms with E-state index in [9.17, 15) is 9.59 Å². The molecule has 4 nitrogen and oxygen atoms in total. The Morgan fingerprint density at radius 3 is 1.27 bits per heavy atom. The van der Waals surface area contributed by atoms with Gasteiger partial charge in [0.05, 0.1) is 25.4 Å². The maximum Gasteiger partial charge on any atom is 0.337 e. The van der Waals surface area contributed by atoms with E-state index in [-0.39, 0.29) is 11.1 Å². The number of unbranched alkanes of at least 4 members (excludes halogenated alkanes) is 1. The molecule has 4 heteroatoms. The topological polar surface area (TPSA) is 52.6 Å². The smallest absolute Gasteiger partial charge is 0.337 e. The molecule has 0 atom stereocenters. The number of rotatable bonds is 5. The van der Waals surface area contributed by atoms with Gasteiger partial charge in [-0.05, 0) is 11.1 Å². The van der Waals surface area contributed by atoms with Gasteiger partial charge >= 0.3 is 11.9 Å². The summed E-state index contributed by atoms with van der Waals surface area (Å²) in [5, 5.41) is 0. The largest absolute Gasteiger partial charge is 0.465 e. The summed E-state index contributed by atoms with van der Waals surface area (Å²) < 4.78 is 9.14. The van der Waals surface area contributed by atoms with Crippen molar-refractivity contribution >= 4 is 23.1 Å². The zero-order valence-corrected chi connectivity index (χ0v) is 13.8. The normalized spacial score (nSPS) is 9.09. The van der Waals surface area contributed by atoms with Crippen LogP contribution >= 0.6 is 0 Å². The summed E-state index contributed by atoms with van der Waals surface area (Å²) in [6, 6.07) is 6.68. The first-order chi connectivity index (χ1) is 10.4. The van der Waals surface area contributed by atoms with Gasteiger partial charge in [-0.25, -0.2) is 9.59 Å². The molecule has 120 valence electrons. The molecular weight excluding hydrogens is 280 g/mol. The quantitative estimate of drug-likeness (QED) is 0.612. The fourth-order valence-corrected chi connectivity index (χ4v) is 1.35. The highest BCUT2D eigenvalue weighted by molar-refractivity contribution is 6.17. The molecule has 0 aliphatic rings. The Hall–Kier alpha value is -2.36.